The van der Waals surface area contributed by atoms with Crippen molar-refractivity contribution in [3.63, 3.8) is 0 Å². The molecule has 0 bridgehead atoms. The second kappa shape index (κ2) is 8.37. The lowest BCUT2D eigenvalue weighted by molar-refractivity contribution is -0.142. The summed E-state index contributed by atoms with van der Waals surface area (Å²) in [6, 6.07) is -0.474. The van der Waals surface area contributed by atoms with Crippen molar-refractivity contribution in [2.75, 3.05) is 19.6 Å². The molecule has 0 aromatic heterocycles. The van der Waals surface area contributed by atoms with E-state index in [1.165, 1.54) is 38.5 Å². The molecule has 5 nitrogen and oxygen atoms in total. The van der Waals surface area contributed by atoms with E-state index >= 15 is 0 Å². The summed E-state index contributed by atoms with van der Waals surface area (Å²) in [5.74, 6) is 0.00928. The van der Waals surface area contributed by atoms with Crippen LogP contribution in [0.15, 0.2) is 0 Å². The Labute approximate surface area is 127 Å². The molecule has 1 unspecified atom stereocenters. The van der Waals surface area contributed by atoms with E-state index in [1.54, 1.807) is 4.90 Å². The Kier molecular flexibility index (Phi) is 6.49. The van der Waals surface area contributed by atoms with E-state index in [0.717, 1.165) is 25.3 Å². The van der Waals surface area contributed by atoms with Crippen LogP contribution < -0.4 is 5.32 Å². The molecule has 2 aliphatic rings. The summed E-state index contributed by atoms with van der Waals surface area (Å²) in [5, 5.41) is 12.0. The number of amides is 1. The van der Waals surface area contributed by atoms with Crippen LogP contribution in [0.2, 0.25) is 0 Å². The number of carbonyl (C=O) groups excluding carboxylic acids is 1. The topological polar surface area (TPSA) is 69.6 Å². The van der Waals surface area contributed by atoms with E-state index in [1.807, 2.05) is 0 Å². The standard InChI is InChI=1S/C16H28N2O3/c19-15(12-18-11-5-9-14(18)16(20)21)17-10-4-8-13-6-2-1-3-7-13/h13-14H,1-12H2,(H,17,19)(H,20,21). The lowest BCUT2D eigenvalue weighted by Crippen LogP contribution is -2.43. The van der Waals surface area contributed by atoms with E-state index < -0.39 is 12.0 Å². The Morgan fingerprint density at radius 2 is 1.86 bits per heavy atom. The van der Waals surface area contributed by atoms with Gasteiger partial charge in [-0.05, 0) is 38.1 Å². The van der Waals surface area contributed by atoms with Gasteiger partial charge in [0, 0.05) is 6.54 Å². The molecular weight excluding hydrogens is 268 g/mol. The van der Waals surface area contributed by atoms with Crippen molar-refractivity contribution in [1.29, 1.82) is 0 Å². The van der Waals surface area contributed by atoms with E-state index in [9.17, 15) is 9.59 Å². The normalized spacial score (nSPS) is 24.1. The third-order valence-electron chi connectivity index (χ3n) is 4.83. The molecule has 1 aliphatic carbocycles. The first-order chi connectivity index (χ1) is 10.2. The van der Waals surface area contributed by atoms with Gasteiger partial charge in [0.25, 0.3) is 0 Å². The van der Waals surface area contributed by atoms with Gasteiger partial charge in [0.15, 0.2) is 0 Å². The molecule has 1 saturated carbocycles. The minimum Gasteiger partial charge on any atom is -0.480 e. The van der Waals surface area contributed by atoms with Crippen LogP contribution in [0.25, 0.3) is 0 Å². The lowest BCUT2D eigenvalue weighted by atomic mass is 9.86. The minimum absolute atomic E-state index is 0.0354. The second-order valence-electron chi connectivity index (χ2n) is 6.46. The molecule has 1 heterocycles. The third kappa shape index (κ3) is 5.30. The van der Waals surface area contributed by atoms with Crippen LogP contribution in [-0.2, 0) is 9.59 Å². The van der Waals surface area contributed by atoms with Crippen LogP contribution in [0.3, 0.4) is 0 Å². The summed E-state index contributed by atoms with van der Waals surface area (Å²) in [7, 11) is 0. The highest BCUT2D eigenvalue weighted by molar-refractivity contribution is 5.80. The number of nitrogens with zero attached hydrogens (tertiary/aromatic N) is 1. The number of carbonyl (C=O) groups is 2. The number of rotatable bonds is 7. The molecule has 5 heteroatoms. The van der Waals surface area contributed by atoms with Crippen molar-refractivity contribution in [1.82, 2.24) is 10.2 Å². The number of carboxylic acids is 1. The molecule has 1 saturated heterocycles. The molecule has 0 aromatic rings. The number of carboxylic acid groups (broad SMARTS) is 1. The number of nitrogens with one attached hydrogen (secondary N) is 1. The zero-order valence-corrected chi connectivity index (χ0v) is 12.9. The highest BCUT2D eigenvalue weighted by Crippen LogP contribution is 2.26. The van der Waals surface area contributed by atoms with Crippen molar-refractivity contribution < 1.29 is 14.7 Å². The Bertz CT molecular complexity index is 353. The summed E-state index contributed by atoms with van der Waals surface area (Å²) in [4.78, 5) is 24.7. The van der Waals surface area contributed by atoms with Gasteiger partial charge in [-0.15, -0.1) is 0 Å². The Morgan fingerprint density at radius 1 is 1.10 bits per heavy atom. The molecule has 0 aromatic carbocycles. The largest absolute Gasteiger partial charge is 0.480 e. The van der Waals surface area contributed by atoms with Crippen LogP contribution >= 0.6 is 0 Å². The van der Waals surface area contributed by atoms with Crippen molar-refractivity contribution in [2.24, 2.45) is 5.92 Å². The van der Waals surface area contributed by atoms with Gasteiger partial charge in [-0.25, -0.2) is 0 Å². The van der Waals surface area contributed by atoms with E-state index in [0.29, 0.717) is 13.0 Å². The number of likely N-dealkylation sites (tertiary alicyclic amines) is 1. The first-order valence-electron chi connectivity index (χ1n) is 8.40. The fraction of sp³-hybridized carbons (Fsp3) is 0.875. The van der Waals surface area contributed by atoms with Crippen LogP contribution in [0, 0.1) is 5.92 Å². The smallest absolute Gasteiger partial charge is 0.320 e. The lowest BCUT2D eigenvalue weighted by Gasteiger charge is -2.22. The van der Waals surface area contributed by atoms with Gasteiger partial charge < -0.3 is 10.4 Å². The fourth-order valence-corrected chi connectivity index (χ4v) is 3.63. The first-order valence-corrected chi connectivity index (χ1v) is 8.40. The first kappa shape index (κ1) is 16.3. The Hall–Kier alpha value is -1.10. The van der Waals surface area contributed by atoms with Gasteiger partial charge in [0.1, 0.15) is 6.04 Å². The molecule has 2 fully saturated rings. The summed E-state index contributed by atoms with van der Waals surface area (Å²) in [6.07, 6.45) is 10.6. The Balaban J connectivity index is 1.58. The summed E-state index contributed by atoms with van der Waals surface area (Å²) < 4.78 is 0. The molecule has 120 valence electrons. The summed E-state index contributed by atoms with van der Waals surface area (Å²) >= 11 is 0. The van der Waals surface area contributed by atoms with Gasteiger partial charge in [-0.3, -0.25) is 14.5 Å². The molecular formula is C16H28N2O3. The maximum Gasteiger partial charge on any atom is 0.320 e. The quantitative estimate of drug-likeness (QED) is 0.705. The van der Waals surface area contributed by atoms with Crippen molar-refractivity contribution in [3.8, 4) is 0 Å². The fourth-order valence-electron chi connectivity index (χ4n) is 3.63. The van der Waals surface area contributed by atoms with Crippen LogP contribution in [0.4, 0.5) is 0 Å². The molecule has 0 radical (unpaired) electrons. The average molecular weight is 296 g/mol. The van der Waals surface area contributed by atoms with Crippen molar-refractivity contribution in [3.05, 3.63) is 0 Å². The summed E-state index contributed by atoms with van der Waals surface area (Å²) in [5.41, 5.74) is 0. The predicted octanol–water partition coefficient (Wildman–Crippen LogP) is 2.01. The number of aliphatic carboxylic acids is 1. The second-order valence-corrected chi connectivity index (χ2v) is 6.46. The number of hydrogen-bond donors (Lipinski definition) is 2. The van der Waals surface area contributed by atoms with E-state index in [4.69, 9.17) is 5.11 Å². The van der Waals surface area contributed by atoms with Gasteiger partial charge in [-0.1, -0.05) is 32.1 Å². The molecule has 0 spiro atoms. The summed E-state index contributed by atoms with van der Waals surface area (Å²) in [6.45, 7) is 1.66. The molecule has 2 N–H and O–H groups in total. The zero-order chi connectivity index (χ0) is 15.1. The molecule has 21 heavy (non-hydrogen) atoms. The molecule has 1 atom stereocenters. The van der Waals surface area contributed by atoms with Gasteiger partial charge >= 0.3 is 5.97 Å². The minimum atomic E-state index is -0.808. The van der Waals surface area contributed by atoms with Crippen LogP contribution in [0.1, 0.15) is 57.8 Å². The highest BCUT2D eigenvalue weighted by atomic mass is 16.4. The third-order valence-corrected chi connectivity index (χ3v) is 4.83. The maximum absolute atomic E-state index is 11.9. The van der Waals surface area contributed by atoms with Crippen LogP contribution in [0.5, 0.6) is 0 Å². The van der Waals surface area contributed by atoms with Gasteiger partial charge in [0.05, 0.1) is 6.54 Å². The van der Waals surface area contributed by atoms with Crippen molar-refractivity contribution >= 4 is 11.9 Å². The van der Waals surface area contributed by atoms with Crippen molar-refractivity contribution in [2.45, 2.75) is 63.8 Å². The number of hydrogen-bond acceptors (Lipinski definition) is 3. The monoisotopic (exact) mass is 296 g/mol. The van der Waals surface area contributed by atoms with Crippen LogP contribution in [-0.4, -0.2) is 47.6 Å². The Morgan fingerprint density at radius 3 is 2.57 bits per heavy atom. The zero-order valence-electron chi connectivity index (χ0n) is 12.9. The van der Waals surface area contributed by atoms with Gasteiger partial charge in [0.2, 0.25) is 5.91 Å². The SMILES string of the molecule is O=C(CN1CCCC1C(=O)O)NCCCC1CCCCC1. The molecule has 1 amide bonds. The van der Waals surface area contributed by atoms with E-state index in [2.05, 4.69) is 5.32 Å². The van der Waals surface area contributed by atoms with Gasteiger partial charge in [-0.2, -0.15) is 0 Å². The highest BCUT2D eigenvalue weighted by Gasteiger charge is 2.31. The predicted molar refractivity (Wildman–Crippen MR) is 81.0 cm³/mol. The maximum atomic E-state index is 11.9. The molecule has 2 rings (SSSR count). The van der Waals surface area contributed by atoms with E-state index in [-0.39, 0.29) is 12.5 Å². The average Bonchev–Trinajstić information content (AvgIpc) is 2.93. The molecule has 1 aliphatic heterocycles.